The zero-order chi connectivity index (χ0) is 20.8. The molecule has 10 heteroatoms. The van der Waals surface area contributed by atoms with Crippen molar-refractivity contribution < 1.29 is 4.79 Å². The molecule has 1 aromatic carbocycles. The first-order valence-corrected chi connectivity index (χ1v) is 10.8. The lowest BCUT2D eigenvalue weighted by molar-refractivity contribution is -0.113. The van der Waals surface area contributed by atoms with Gasteiger partial charge in [0.2, 0.25) is 11.0 Å². The fourth-order valence-corrected chi connectivity index (χ4v) is 4.17. The number of rotatable bonds is 8. The van der Waals surface area contributed by atoms with E-state index in [2.05, 4.69) is 37.3 Å². The van der Waals surface area contributed by atoms with Crippen LogP contribution in [-0.4, -0.2) is 41.6 Å². The van der Waals surface area contributed by atoms with Crippen molar-refractivity contribution in [1.82, 2.24) is 29.9 Å². The van der Waals surface area contributed by atoms with Crippen molar-refractivity contribution in [1.29, 1.82) is 0 Å². The summed E-state index contributed by atoms with van der Waals surface area (Å²) in [7, 11) is 0. The number of amides is 1. The number of aromatic nitrogens is 6. The smallest absolute Gasteiger partial charge is 0.236 e. The molecule has 1 N–H and O–H groups in total. The van der Waals surface area contributed by atoms with Crippen molar-refractivity contribution in [3.8, 4) is 22.0 Å². The van der Waals surface area contributed by atoms with Gasteiger partial charge in [-0.25, -0.2) is 0 Å². The van der Waals surface area contributed by atoms with Crippen molar-refractivity contribution in [2.24, 2.45) is 0 Å². The Hall–Kier alpha value is -3.37. The first-order valence-electron chi connectivity index (χ1n) is 9.00. The number of nitrogens with zero attached hydrogens (tertiary/aromatic N) is 6. The fourth-order valence-electron chi connectivity index (χ4n) is 2.65. The number of pyridine rings is 1. The van der Waals surface area contributed by atoms with Gasteiger partial charge in [0.15, 0.2) is 11.0 Å². The number of carbonyl (C=O) groups is 1. The molecule has 3 aromatic heterocycles. The van der Waals surface area contributed by atoms with Crippen LogP contribution >= 0.6 is 23.1 Å². The van der Waals surface area contributed by atoms with Crippen molar-refractivity contribution in [3.05, 3.63) is 67.5 Å². The molecule has 0 aliphatic heterocycles. The molecular weight excluding hydrogens is 418 g/mol. The molecular formula is C20H17N7OS2. The van der Waals surface area contributed by atoms with Crippen LogP contribution in [0.1, 0.15) is 0 Å². The van der Waals surface area contributed by atoms with Gasteiger partial charge < -0.3 is 0 Å². The molecule has 30 heavy (non-hydrogen) atoms. The van der Waals surface area contributed by atoms with E-state index < -0.39 is 0 Å². The Balaban J connectivity index is 1.41. The Morgan fingerprint density at radius 3 is 2.70 bits per heavy atom. The number of anilines is 1. The maximum Gasteiger partial charge on any atom is 0.236 e. The second-order valence-electron chi connectivity index (χ2n) is 6.06. The number of nitrogens with one attached hydrogen (secondary N) is 1. The van der Waals surface area contributed by atoms with Crippen LogP contribution in [0.3, 0.4) is 0 Å². The van der Waals surface area contributed by atoms with E-state index in [0.717, 1.165) is 16.1 Å². The molecule has 0 atom stereocenters. The van der Waals surface area contributed by atoms with Crippen LogP contribution in [0.5, 0.6) is 0 Å². The molecule has 0 fully saturated rings. The summed E-state index contributed by atoms with van der Waals surface area (Å²) in [6.45, 7) is 4.32. The second kappa shape index (κ2) is 9.42. The highest BCUT2D eigenvalue weighted by atomic mass is 32.2. The Morgan fingerprint density at radius 1 is 1.10 bits per heavy atom. The van der Waals surface area contributed by atoms with Crippen LogP contribution < -0.4 is 5.32 Å². The predicted molar refractivity (Wildman–Crippen MR) is 118 cm³/mol. The van der Waals surface area contributed by atoms with Gasteiger partial charge in [-0.15, -0.1) is 27.0 Å². The van der Waals surface area contributed by atoms with Gasteiger partial charge in [0.25, 0.3) is 0 Å². The molecule has 0 saturated heterocycles. The first kappa shape index (κ1) is 19.9. The zero-order valence-electron chi connectivity index (χ0n) is 15.8. The highest BCUT2D eigenvalue weighted by Gasteiger charge is 2.16. The summed E-state index contributed by atoms with van der Waals surface area (Å²) in [6, 6.07) is 13.5. The van der Waals surface area contributed by atoms with Crippen LogP contribution in [-0.2, 0) is 11.3 Å². The van der Waals surface area contributed by atoms with Crippen LogP contribution in [0.4, 0.5) is 5.13 Å². The Morgan fingerprint density at radius 2 is 1.93 bits per heavy atom. The van der Waals surface area contributed by atoms with Gasteiger partial charge in [0.05, 0.1) is 5.75 Å². The summed E-state index contributed by atoms with van der Waals surface area (Å²) in [5, 5.41) is 21.3. The van der Waals surface area contributed by atoms with Gasteiger partial charge in [0.1, 0.15) is 5.01 Å². The third-order valence-corrected chi connectivity index (χ3v) is 5.83. The lowest BCUT2D eigenvalue weighted by Gasteiger charge is -2.07. The number of thioether (sulfide) groups is 1. The van der Waals surface area contributed by atoms with E-state index >= 15 is 0 Å². The highest BCUT2D eigenvalue weighted by molar-refractivity contribution is 7.99. The van der Waals surface area contributed by atoms with Crippen molar-refractivity contribution >= 4 is 34.1 Å². The van der Waals surface area contributed by atoms with Crippen LogP contribution in [0, 0.1) is 0 Å². The van der Waals surface area contributed by atoms with Gasteiger partial charge in [0, 0.05) is 30.1 Å². The Labute approximate surface area is 181 Å². The third-order valence-electron chi connectivity index (χ3n) is 3.97. The SMILES string of the molecule is C=CCn1c(SCC(=O)Nc2nnc(-c3ccccc3)s2)nnc1-c1cccnc1. The lowest BCUT2D eigenvalue weighted by Crippen LogP contribution is -2.14. The van der Waals surface area contributed by atoms with Crippen molar-refractivity contribution in [2.45, 2.75) is 11.7 Å². The minimum Gasteiger partial charge on any atom is -0.300 e. The quantitative estimate of drug-likeness (QED) is 0.332. The molecule has 4 aromatic rings. The molecule has 4 rings (SSSR count). The summed E-state index contributed by atoms with van der Waals surface area (Å²) in [5.74, 6) is 0.664. The molecule has 3 heterocycles. The second-order valence-corrected chi connectivity index (χ2v) is 7.98. The summed E-state index contributed by atoms with van der Waals surface area (Å²) >= 11 is 2.63. The minimum atomic E-state index is -0.188. The summed E-state index contributed by atoms with van der Waals surface area (Å²) in [6.07, 6.45) is 5.19. The number of hydrogen-bond donors (Lipinski definition) is 1. The summed E-state index contributed by atoms with van der Waals surface area (Å²) < 4.78 is 1.90. The maximum atomic E-state index is 12.4. The molecule has 150 valence electrons. The van der Waals surface area contributed by atoms with E-state index in [1.54, 1.807) is 18.5 Å². The molecule has 1 amide bonds. The van der Waals surface area contributed by atoms with E-state index in [1.165, 1.54) is 23.1 Å². The van der Waals surface area contributed by atoms with Gasteiger partial charge in [-0.3, -0.25) is 19.7 Å². The lowest BCUT2D eigenvalue weighted by atomic mass is 10.2. The van der Waals surface area contributed by atoms with E-state index in [9.17, 15) is 4.79 Å². The average molecular weight is 436 g/mol. The van der Waals surface area contributed by atoms with E-state index in [4.69, 9.17) is 0 Å². The number of allylic oxidation sites excluding steroid dienone is 1. The number of carbonyl (C=O) groups excluding carboxylic acids is 1. The molecule has 0 radical (unpaired) electrons. The molecule has 0 bridgehead atoms. The van der Waals surface area contributed by atoms with E-state index in [1.807, 2.05) is 47.0 Å². The summed E-state index contributed by atoms with van der Waals surface area (Å²) in [5.41, 5.74) is 1.82. The first-order chi connectivity index (χ1) is 14.7. The highest BCUT2D eigenvalue weighted by Crippen LogP contribution is 2.27. The van der Waals surface area contributed by atoms with Crippen LogP contribution in [0.25, 0.3) is 22.0 Å². The van der Waals surface area contributed by atoms with Crippen LogP contribution in [0.2, 0.25) is 0 Å². The number of benzene rings is 1. The van der Waals surface area contributed by atoms with Crippen molar-refractivity contribution in [2.75, 3.05) is 11.1 Å². The average Bonchev–Trinajstić information content (AvgIpc) is 3.41. The predicted octanol–water partition coefficient (Wildman–Crippen LogP) is 3.78. The topological polar surface area (TPSA) is 98.5 Å². The molecule has 0 saturated carbocycles. The van der Waals surface area contributed by atoms with Gasteiger partial charge in [-0.05, 0) is 12.1 Å². The normalized spacial score (nSPS) is 10.7. The van der Waals surface area contributed by atoms with E-state index in [-0.39, 0.29) is 11.7 Å². The molecule has 0 spiro atoms. The number of hydrogen-bond acceptors (Lipinski definition) is 8. The summed E-state index contributed by atoms with van der Waals surface area (Å²) in [4.78, 5) is 16.5. The van der Waals surface area contributed by atoms with Crippen molar-refractivity contribution in [3.63, 3.8) is 0 Å². The molecule has 0 aliphatic rings. The zero-order valence-corrected chi connectivity index (χ0v) is 17.4. The van der Waals surface area contributed by atoms with Gasteiger partial charge in [-0.2, -0.15) is 0 Å². The third kappa shape index (κ3) is 4.61. The fraction of sp³-hybridized carbons (Fsp3) is 0.100. The minimum absolute atomic E-state index is 0.169. The van der Waals surface area contributed by atoms with Gasteiger partial charge >= 0.3 is 0 Å². The molecule has 0 unspecified atom stereocenters. The largest absolute Gasteiger partial charge is 0.300 e. The van der Waals surface area contributed by atoms with Gasteiger partial charge in [-0.1, -0.05) is 59.5 Å². The van der Waals surface area contributed by atoms with Crippen LogP contribution in [0.15, 0.2) is 72.7 Å². The molecule has 0 aliphatic carbocycles. The maximum absolute atomic E-state index is 12.4. The Kier molecular flexibility index (Phi) is 6.26. The monoisotopic (exact) mass is 435 g/mol. The van der Waals surface area contributed by atoms with E-state index in [0.29, 0.717) is 22.7 Å². The standard InChI is InChI=1S/C20H17N7OS2/c1-2-11-27-17(15-9-6-10-21-12-15)23-26-20(27)29-13-16(28)22-19-25-24-18(30-19)14-7-4-3-5-8-14/h2-10,12H,1,11,13H2,(H,22,25,28). The Bertz CT molecular complexity index is 1140. The molecule has 8 nitrogen and oxygen atoms in total.